The van der Waals surface area contributed by atoms with Crippen LogP contribution >= 0.6 is 0 Å². The van der Waals surface area contributed by atoms with E-state index in [0.29, 0.717) is 12.1 Å². The number of hydrogen-bond donors (Lipinski definition) is 0. The highest BCUT2D eigenvalue weighted by molar-refractivity contribution is 6.01. The Kier molecular flexibility index (Phi) is 4.73. The van der Waals surface area contributed by atoms with Gasteiger partial charge in [-0.2, -0.15) is 26.3 Å². The van der Waals surface area contributed by atoms with Gasteiger partial charge in [0.25, 0.3) is 0 Å². The molecule has 1 aromatic carbocycles. The monoisotopic (exact) mass is 328 g/mol. The molecule has 0 unspecified atom stereocenters. The van der Waals surface area contributed by atoms with E-state index in [0.717, 1.165) is 0 Å². The van der Waals surface area contributed by atoms with E-state index in [-0.39, 0.29) is 0 Å². The second-order valence-electron chi connectivity index (χ2n) is 4.28. The van der Waals surface area contributed by atoms with E-state index in [1.54, 1.807) is 0 Å². The molecular formula is C12H6F6O4-2. The number of carboxylic acid groups (broad SMARTS) is 2. The van der Waals surface area contributed by atoms with Crippen molar-refractivity contribution < 1.29 is 46.1 Å². The summed E-state index contributed by atoms with van der Waals surface area (Å²) in [5, 5.41) is 21.6. The molecule has 0 fully saturated rings. The molecule has 0 aliphatic rings. The Morgan fingerprint density at radius 1 is 0.864 bits per heavy atom. The molecular weight excluding hydrogens is 322 g/mol. The third-order valence-corrected chi connectivity index (χ3v) is 2.60. The maximum absolute atomic E-state index is 12.5. The van der Waals surface area contributed by atoms with Crippen LogP contribution in [0.5, 0.6) is 0 Å². The first-order chi connectivity index (χ1) is 9.82. The van der Waals surface area contributed by atoms with Crippen LogP contribution < -0.4 is 10.2 Å². The molecule has 0 heterocycles. The molecule has 1 rings (SSSR count). The van der Waals surface area contributed by atoms with Crippen LogP contribution in [0.25, 0.3) is 0 Å². The van der Waals surface area contributed by atoms with Crippen molar-refractivity contribution in [2.45, 2.75) is 25.2 Å². The van der Waals surface area contributed by atoms with E-state index in [1.165, 1.54) is 0 Å². The second-order valence-corrected chi connectivity index (χ2v) is 4.28. The first kappa shape index (κ1) is 17.8. The molecule has 0 aliphatic heterocycles. The first-order valence-electron chi connectivity index (χ1n) is 5.53. The Labute approximate surface area is 119 Å². The fourth-order valence-electron chi connectivity index (χ4n) is 1.88. The molecule has 0 aliphatic carbocycles. The molecule has 0 saturated carbocycles. The highest BCUT2D eigenvalue weighted by Crippen LogP contribution is 2.31. The molecule has 0 amide bonds. The van der Waals surface area contributed by atoms with Crippen LogP contribution in [0.2, 0.25) is 0 Å². The van der Waals surface area contributed by atoms with Crippen LogP contribution in [0.1, 0.15) is 31.8 Å². The zero-order chi connectivity index (χ0) is 17.3. The Hall–Kier alpha value is -2.26. The molecule has 22 heavy (non-hydrogen) atoms. The molecule has 122 valence electrons. The molecule has 0 N–H and O–H groups in total. The number of carbonyl (C=O) groups is 2. The van der Waals surface area contributed by atoms with Crippen molar-refractivity contribution >= 4 is 11.9 Å². The summed E-state index contributed by atoms with van der Waals surface area (Å²) in [4.78, 5) is 21.6. The van der Waals surface area contributed by atoms with Gasteiger partial charge in [-0.3, -0.25) is 0 Å². The van der Waals surface area contributed by atoms with Crippen molar-refractivity contribution in [3.63, 3.8) is 0 Å². The quantitative estimate of drug-likeness (QED) is 0.759. The maximum atomic E-state index is 12.5. The largest absolute Gasteiger partial charge is 0.545 e. The molecule has 1 aromatic rings. The highest BCUT2D eigenvalue weighted by atomic mass is 19.4. The van der Waals surface area contributed by atoms with Crippen molar-refractivity contribution in [1.29, 1.82) is 0 Å². The fraction of sp³-hybridized carbons (Fsp3) is 0.333. The summed E-state index contributed by atoms with van der Waals surface area (Å²) in [6.07, 6.45) is -13.8. The molecule has 0 radical (unpaired) electrons. The summed E-state index contributed by atoms with van der Waals surface area (Å²) >= 11 is 0. The summed E-state index contributed by atoms with van der Waals surface area (Å²) in [6.45, 7) is 0. The SMILES string of the molecule is O=C([O-])c1ccc(CC(F)(F)F)c(CC(F)(F)F)c1C(=O)[O-]. The van der Waals surface area contributed by atoms with Gasteiger partial charge in [-0.25, -0.2) is 0 Å². The Morgan fingerprint density at radius 3 is 1.73 bits per heavy atom. The van der Waals surface area contributed by atoms with Gasteiger partial charge in [0, 0.05) is 11.1 Å². The molecule has 4 nitrogen and oxygen atoms in total. The zero-order valence-corrected chi connectivity index (χ0v) is 10.5. The van der Waals surface area contributed by atoms with E-state index >= 15 is 0 Å². The minimum absolute atomic E-state index is 0.446. The summed E-state index contributed by atoms with van der Waals surface area (Å²) < 4.78 is 74.5. The van der Waals surface area contributed by atoms with Gasteiger partial charge in [0.1, 0.15) is 0 Å². The van der Waals surface area contributed by atoms with Crippen molar-refractivity contribution in [1.82, 2.24) is 0 Å². The average Bonchev–Trinajstić information content (AvgIpc) is 2.26. The number of carboxylic acids is 2. The number of aromatic carboxylic acids is 2. The number of rotatable bonds is 4. The third kappa shape index (κ3) is 4.64. The minimum atomic E-state index is -5.05. The molecule has 0 spiro atoms. The average molecular weight is 328 g/mol. The van der Waals surface area contributed by atoms with Crippen molar-refractivity contribution in [2.75, 3.05) is 0 Å². The van der Waals surface area contributed by atoms with Gasteiger partial charge >= 0.3 is 12.4 Å². The van der Waals surface area contributed by atoms with Crippen LogP contribution in [-0.4, -0.2) is 24.3 Å². The van der Waals surface area contributed by atoms with Crippen molar-refractivity contribution in [2.24, 2.45) is 0 Å². The normalized spacial score (nSPS) is 12.3. The lowest BCUT2D eigenvalue weighted by molar-refractivity contribution is -0.259. The van der Waals surface area contributed by atoms with Crippen LogP contribution in [0.4, 0.5) is 26.3 Å². The van der Waals surface area contributed by atoms with E-state index in [4.69, 9.17) is 0 Å². The minimum Gasteiger partial charge on any atom is -0.545 e. The standard InChI is InChI=1S/C12H8F6O4/c13-11(14,15)3-5-1-2-6(9(19)20)8(10(21)22)7(5)4-12(16,17)18/h1-2H,3-4H2,(H,19,20)(H,21,22)/p-2. The summed E-state index contributed by atoms with van der Waals surface area (Å²) in [5.41, 5.74) is -4.93. The molecule has 0 atom stereocenters. The molecule has 0 saturated heterocycles. The first-order valence-corrected chi connectivity index (χ1v) is 5.53. The molecule has 0 aromatic heterocycles. The zero-order valence-electron chi connectivity index (χ0n) is 10.5. The highest BCUT2D eigenvalue weighted by Gasteiger charge is 2.35. The predicted molar refractivity (Wildman–Crippen MR) is 54.6 cm³/mol. The van der Waals surface area contributed by atoms with E-state index in [9.17, 15) is 46.1 Å². The van der Waals surface area contributed by atoms with Crippen LogP contribution in [0.3, 0.4) is 0 Å². The van der Waals surface area contributed by atoms with Gasteiger partial charge < -0.3 is 19.8 Å². The lowest BCUT2D eigenvalue weighted by Gasteiger charge is -2.21. The van der Waals surface area contributed by atoms with Crippen LogP contribution in [0, 0.1) is 0 Å². The predicted octanol–water partition coefficient (Wildman–Crippen LogP) is 0.623. The van der Waals surface area contributed by atoms with Crippen molar-refractivity contribution in [3.05, 3.63) is 34.4 Å². The summed E-state index contributed by atoms with van der Waals surface area (Å²) in [6, 6.07) is 0.924. The van der Waals surface area contributed by atoms with Gasteiger partial charge in [0.05, 0.1) is 24.8 Å². The smallest absolute Gasteiger partial charge is 0.393 e. The summed E-state index contributed by atoms with van der Waals surface area (Å²) in [7, 11) is 0. The van der Waals surface area contributed by atoms with Crippen LogP contribution in [0.15, 0.2) is 12.1 Å². The number of benzene rings is 1. The summed E-state index contributed by atoms with van der Waals surface area (Å²) in [5.74, 6) is -4.47. The molecule has 10 heteroatoms. The van der Waals surface area contributed by atoms with Crippen molar-refractivity contribution in [3.8, 4) is 0 Å². The lowest BCUT2D eigenvalue weighted by atomic mass is 9.91. The van der Waals surface area contributed by atoms with Gasteiger partial charge in [0.2, 0.25) is 0 Å². The van der Waals surface area contributed by atoms with Gasteiger partial charge in [-0.15, -0.1) is 0 Å². The van der Waals surface area contributed by atoms with Crippen LogP contribution in [-0.2, 0) is 12.8 Å². The van der Waals surface area contributed by atoms with E-state index in [2.05, 4.69) is 0 Å². The second kappa shape index (κ2) is 5.85. The fourth-order valence-corrected chi connectivity index (χ4v) is 1.88. The van der Waals surface area contributed by atoms with E-state index in [1.807, 2.05) is 0 Å². The third-order valence-electron chi connectivity index (χ3n) is 2.60. The topological polar surface area (TPSA) is 80.3 Å². The Balaban J connectivity index is 3.62. The number of hydrogen-bond acceptors (Lipinski definition) is 4. The van der Waals surface area contributed by atoms with Gasteiger partial charge in [0.15, 0.2) is 0 Å². The van der Waals surface area contributed by atoms with Gasteiger partial charge in [-0.1, -0.05) is 12.1 Å². The molecule has 0 bridgehead atoms. The number of carbonyl (C=O) groups excluding carboxylic acids is 2. The maximum Gasteiger partial charge on any atom is 0.393 e. The lowest BCUT2D eigenvalue weighted by Crippen LogP contribution is -2.33. The number of alkyl halides is 6. The van der Waals surface area contributed by atoms with E-state index < -0.39 is 59.4 Å². The Morgan fingerprint density at radius 2 is 1.36 bits per heavy atom. The van der Waals surface area contributed by atoms with Gasteiger partial charge in [-0.05, 0) is 11.1 Å². The Bertz CT molecular complexity index is 603. The number of halogens is 6.